The second-order valence-corrected chi connectivity index (χ2v) is 6.75. The molecule has 5 nitrogen and oxygen atoms in total. The third-order valence-electron chi connectivity index (χ3n) is 3.13. The van der Waals surface area contributed by atoms with E-state index in [1.54, 1.807) is 6.92 Å². The SMILES string of the molecule is CCS(=O)(=O)C1(c2noc(CCl)n2)CCC1. The number of rotatable bonds is 4. The van der Waals surface area contributed by atoms with Gasteiger partial charge in [-0.25, -0.2) is 8.42 Å². The van der Waals surface area contributed by atoms with Gasteiger partial charge in [0.25, 0.3) is 0 Å². The van der Waals surface area contributed by atoms with E-state index in [9.17, 15) is 8.42 Å². The van der Waals surface area contributed by atoms with Gasteiger partial charge in [-0.2, -0.15) is 4.98 Å². The molecule has 2 rings (SSSR count). The van der Waals surface area contributed by atoms with Crippen molar-refractivity contribution in [1.82, 2.24) is 10.1 Å². The van der Waals surface area contributed by atoms with Crippen LogP contribution in [0.1, 0.15) is 37.9 Å². The molecule has 1 aromatic rings. The molecule has 0 amide bonds. The summed E-state index contributed by atoms with van der Waals surface area (Å²) in [7, 11) is -3.20. The Morgan fingerprint density at radius 1 is 1.50 bits per heavy atom. The lowest BCUT2D eigenvalue weighted by atomic mass is 9.83. The van der Waals surface area contributed by atoms with Crippen LogP contribution < -0.4 is 0 Å². The predicted octanol–water partition coefficient (Wildman–Crippen LogP) is 1.62. The van der Waals surface area contributed by atoms with Crippen molar-refractivity contribution in [2.24, 2.45) is 0 Å². The summed E-state index contributed by atoms with van der Waals surface area (Å²) in [6.45, 7) is 1.64. The summed E-state index contributed by atoms with van der Waals surface area (Å²) in [5.41, 5.74) is 0. The summed E-state index contributed by atoms with van der Waals surface area (Å²) in [5, 5.41) is 3.75. The average molecular weight is 265 g/mol. The summed E-state index contributed by atoms with van der Waals surface area (Å²) in [5.74, 6) is 0.748. The van der Waals surface area contributed by atoms with E-state index in [0.717, 1.165) is 6.42 Å². The smallest absolute Gasteiger partial charge is 0.241 e. The van der Waals surface area contributed by atoms with Crippen LogP contribution in [-0.2, 0) is 20.5 Å². The Kier molecular flexibility index (Phi) is 2.96. The van der Waals surface area contributed by atoms with Crippen LogP contribution in [0.15, 0.2) is 4.52 Å². The first kappa shape index (κ1) is 11.9. The fourth-order valence-corrected chi connectivity index (χ4v) is 3.87. The quantitative estimate of drug-likeness (QED) is 0.773. The molecule has 1 saturated carbocycles. The molecule has 90 valence electrons. The number of hydrogen-bond acceptors (Lipinski definition) is 5. The van der Waals surface area contributed by atoms with Gasteiger partial charge in [-0.1, -0.05) is 12.1 Å². The Hall–Kier alpha value is -0.620. The van der Waals surface area contributed by atoms with Gasteiger partial charge in [-0.05, 0) is 19.3 Å². The summed E-state index contributed by atoms with van der Waals surface area (Å²) in [6, 6.07) is 0. The van der Waals surface area contributed by atoms with Crippen molar-refractivity contribution >= 4 is 21.4 Å². The largest absolute Gasteiger partial charge is 0.338 e. The molecule has 1 aliphatic rings. The van der Waals surface area contributed by atoms with E-state index in [4.69, 9.17) is 16.1 Å². The van der Waals surface area contributed by atoms with Crippen LogP contribution in [0.4, 0.5) is 0 Å². The average Bonchev–Trinajstić information content (AvgIpc) is 2.64. The topological polar surface area (TPSA) is 73.1 Å². The number of aromatic nitrogens is 2. The maximum atomic E-state index is 12.0. The van der Waals surface area contributed by atoms with Crippen LogP contribution in [-0.4, -0.2) is 24.3 Å². The van der Waals surface area contributed by atoms with Crippen molar-refractivity contribution in [2.75, 3.05) is 5.75 Å². The van der Waals surface area contributed by atoms with Gasteiger partial charge in [-0.15, -0.1) is 11.6 Å². The molecule has 0 bridgehead atoms. The molecule has 0 N–H and O–H groups in total. The zero-order valence-electron chi connectivity index (χ0n) is 8.94. The Morgan fingerprint density at radius 2 is 2.19 bits per heavy atom. The van der Waals surface area contributed by atoms with E-state index < -0.39 is 14.6 Å². The third kappa shape index (κ3) is 1.55. The lowest BCUT2D eigenvalue weighted by Crippen LogP contribution is -2.44. The normalized spacial score (nSPS) is 19.4. The van der Waals surface area contributed by atoms with Crippen molar-refractivity contribution in [1.29, 1.82) is 0 Å². The van der Waals surface area contributed by atoms with Crippen molar-refractivity contribution < 1.29 is 12.9 Å². The van der Waals surface area contributed by atoms with Gasteiger partial charge in [0.2, 0.25) is 5.89 Å². The number of nitrogens with zero attached hydrogens (tertiary/aromatic N) is 2. The first-order valence-electron chi connectivity index (χ1n) is 5.17. The van der Waals surface area contributed by atoms with Gasteiger partial charge in [-0.3, -0.25) is 0 Å². The minimum absolute atomic E-state index is 0.0950. The standard InChI is InChI=1S/C9H13ClN2O3S/c1-2-16(13,14)9(4-3-5-9)8-11-7(6-10)15-12-8/h2-6H2,1H3. The van der Waals surface area contributed by atoms with Gasteiger partial charge >= 0.3 is 0 Å². The summed E-state index contributed by atoms with van der Waals surface area (Å²) >= 11 is 5.55. The lowest BCUT2D eigenvalue weighted by molar-refractivity contribution is 0.309. The molecular formula is C9H13ClN2O3S. The van der Waals surface area contributed by atoms with E-state index in [0.29, 0.717) is 12.8 Å². The zero-order valence-corrected chi connectivity index (χ0v) is 10.5. The predicted molar refractivity (Wildman–Crippen MR) is 58.8 cm³/mol. The zero-order chi connectivity index (χ0) is 11.8. The van der Waals surface area contributed by atoms with Crippen LogP contribution in [0.25, 0.3) is 0 Å². The second kappa shape index (κ2) is 4.00. The molecule has 0 radical (unpaired) electrons. The molecule has 7 heteroatoms. The summed E-state index contributed by atoms with van der Waals surface area (Å²) < 4.78 is 28.1. The first-order chi connectivity index (χ1) is 7.55. The van der Waals surface area contributed by atoms with Gasteiger partial charge in [0.1, 0.15) is 10.6 Å². The third-order valence-corrected chi connectivity index (χ3v) is 5.90. The Labute approximate surface area is 99.1 Å². The highest BCUT2D eigenvalue weighted by molar-refractivity contribution is 7.92. The molecule has 0 aliphatic heterocycles. The molecule has 1 aromatic heterocycles. The number of hydrogen-bond donors (Lipinski definition) is 0. The van der Waals surface area contributed by atoms with E-state index in [2.05, 4.69) is 10.1 Å². The molecule has 0 atom stereocenters. The van der Waals surface area contributed by atoms with Gasteiger partial charge in [0.15, 0.2) is 15.7 Å². The highest BCUT2D eigenvalue weighted by Crippen LogP contribution is 2.47. The number of sulfone groups is 1. The van der Waals surface area contributed by atoms with Gasteiger partial charge in [0, 0.05) is 5.75 Å². The maximum Gasteiger partial charge on any atom is 0.241 e. The summed E-state index contributed by atoms with van der Waals surface area (Å²) in [4.78, 5) is 4.05. The molecule has 1 aliphatic carbocycles. The lowest BCUT2D eigenvalue weighted by Gasteiger charge is -2.37. The highest BCUT2D eigenvalue weighted by Gasteiger charge is 2.52. The van der Waals surface area contributed by atoms with Crippen molar-refractivity contribution in [2.45, 2.75) is 36.8 Å². The van der Waals surface area contributed by atoms with E-state index in [1.165, 1.54) is 0 Å². The Balaban J connectivity index is 2.43. The molecular weight excluding hydrogens is 252 g/mol. The van der Waals surface area contributed by atoms with Crippen LogP contribution in [0.2, 0.25) is 0 Å². The molecule has 16 heavy (non-hydrogen) atoms. The van der Waals surface area contributed by atoms with Gasteiger partial charge in [0.05, 0.1) is 0 Å². The Bertz CT molecular complexity index is 479. The molecule has 0 aromatic carbocycles. The van der Waals surface area contributed by atoms with Crippen molar-refractivity contribution in [3.8, 4) is 0 Å². The first-order valence-corrected chi connectivity index (χ1v) is 7.36. The van der Waals surface area contributed by atoms with E-state index in [-0.39, 0.29) is 23.3 Å². The van der Waals surface area contributed by atoms with E-state index in [1.807, 2.05) is 0 Å². The monoisotopic (exact) mass is 264 g/mol. The molecule has 0 spiro atoms. The van der Waals surface area contributed by atoms with Crippen LogP contribution in [0.3, 0.4) is 0 Å². The van der Waals surface area contributed by atoms with Crippen LogP contribution in [0, 0.1) is 0 Å². The van der Waals surface area contributed by atoms with Crippen LogP contribution in [0.5, 0.6) is 0 Å². The molecule has 0 saturated heterocycles. The van der Waals surface area contributed by atoms with E-state index >= 15 is 0 Å². The maximum absolute atomic E-state index is 12.0. The van der Waals surface area contributed by atoms with Gasteiger partial charge < -0.3 is 4.52 Å². The molecule has 0 unspecified atom stereocenters. The molecule has 1 fully saturated rings. The summed E-state index contributed by atoms with van der Waals surface area (Å²) in [6.07, 6.45) is 2.03. The highest BCUT2D eigenvalue weighted by atomic mass is 35.5. The van der Waals surface area contributed by atoms with Crippen molar-refractivity contribution in [3.05, 3.63) is 11.7 Å². The number of alkyl halides is 1. The Morgan fingerprint density at radius 3 is 2.56 bits per heavy atom. The molecule has 1 heterocycles. The minimum Gasteiger partial charge on any atom is -0.338 e. The minimum atomic E-state index is -3.20. The van der Waals surface area contributed by atoms with Crippen LogP contribution >= 0.6 is 11.6 Å². The second-order valence-electron chi connectivity index (χ2n) is 3.90. The number of halogens is 1. The fourth-order valence-electron chi connectivity index (χ4n) is 1.94. The fraction of sp³-hybridized carbons (Fsp3) is 0.778. The van der Waals surface area contributed by atoms with Crippen molar-refractivity contribution in [3.63, 3.8) is 0 Å².